The van der Waals surface area contributed by atoms with Gasteiger partial charge >= 0.3 is 0 Å². The van der Waals surface area contributed by atoms with Crippen molar-refractivity contribution >= 4 is 0 Å². The highest BCUT2D eigenvalue weighted by atomic mass is 19.1. The molecule has 2 atom stereocenters. The van der Waals surface area contributed by atoms with Crippen LogP contribution in [0.1, 0.15) is 41.5 Å². The number of nitriles is 1. The van der Waals surface area contributed by atoms with Gasteiger partial charge in [0.05, 0.1) is 5.56 Å². The second-order valence-corrected chi connectivity index (χ2v) is 7.30. The van der Waals surface area contributed by atoms with E-state index in [1.54, 1.807) is 19.2 Å². The number of benzene rings is 1. The van der Waals surface area contributed by atoms with E-state index in [0.29, 0.717) is 25.0 Å². The maximum atomic E-state index is 13.5. The number of aromatic nitrogens is 3. The van der Waals surface area contributed by atoms with Gasteiger partial charge in [0, 0.05) is 32.7 Å². The van der Waals surface area contributed by atoms with E-state index in [9.17, 15) is 4.39 Å². The maximum absolute atomic E-state index is 13.5. The van der Waals surface area contributed by atoms with E-state index in [1.807, 2.05) is 6.07 Å². The van der Waals surface area contributed by atoms with Gasteiger partial charge in [-0.25, -0.2) is 9.37 Å². The zero-order valence-electron chi connectivity index (χ0n) is 14.8. The molecule has 2 heterocycles. The Kier molecular flexibility index (Phi) is 4.70. The van der Waals surface area contributed by atoms with Crippen LogP contribution in [0.2, 0.25) is 0 Å². The summed E-state index contributed by atoms with van der Waals surface area (Å²) in [6, 6.07) is 6.71. The zero-order valence-corrected chi connectivity index (χ0v) is 14.8. The van der Waals surface area contributed by atoms with Crippen LogP contribution in [0.5, 0.6) is 0 Å². The van der Waals surface area contributed by atoms with Crippen molar-refractivity contribution in [3.63, 3.8) is 0 Å². The molecule has 0 radical (unpaired) electrons. The van der Waals surface area contributed by atoms with Crippen LogP contribution in [0.3, 0.4) is 0 Å². The molecule has 1 aliphatic heterocycles. The first-order chi connectivity index (χ1) is 12.7. The molecule has 1 N–H and O–H groups in total. The van der Waals surface area contributed by atoms with Crippen LogP contribution in [0.4, 0.5) is 4.39 Å². The summed E-state index contributed by atoms with van der Waals surface area (Å²) in [5.41, 5.74) is 1.07. The number of H-pyrrole nitrogens is 1. The summed E-state index contributed by atoms with van der Waals surface area (Å²) >= 11 is 0. The van der Waals surface area contributed by atoms with Crippen molar-refractivity contribution in [3.05, 3.63) is 46.8 Å². The summed E-state index contributed by atoms with van der Waals surface area (Å²) in [7, 11) is 1.64. The molecule has 2 fully saturated rings. The van der Waals surface area contributed by atoms with Crippen molar-refractivity contribution in [2.24, 2.45) is 11.8 Å². The van der Waals surface area contributed by atoms with Gasteiger partial charge in [-0.15, -0.1) is 0 Å². The first-order valence-corrected chi connectivity index (χ1v) is 8.99. The van der Waals surface area contributed by atoms with Gasteiger partial charge in [-0.3, -0.25) is 10.00 Å². The number of hydrogen-bond donors (Lipinski definition) is 1. The molecule has 1 saturated heterocycles. The van der Waals surface area contributed by atoms with E-state index in [2.05, 4.69) is 20.1 Å². The standard InChI is InChI=1S/C19H22FN5O/c1-26-11-18-22-19(24-23-18)16-10-25(9-15(16)13-3-4-13)8-12-2-5-17(20)14(6-12)7-21/h2,5-6,13,15-16H,3-4,8-11H2,1H3,(H,22,23,24)/t15-,16+/m1/s1. The van der Waals surface area contributed by atoms with Crippen LogP contribution in [-0.4, -0.2) is 40.3 Å². The molecular formula is C19H22FN5O. The van der Waals surface area contributed by atoms with Crippen molar-refractivity contribution in [2.45, 2.75) is 31.9 Å². The van der Waals surface area contributed by atoms with Gasteiger partial charge in [-0.2, -0.15) is 10.4 Å². The first-order valence-electron chi connectivity index (χ1n) is 8.99. The number of likely N-dealkylation sites (tertiary alicyclic amines) is 1. The van der Waals surface area contributed by atoms with Crippen molar-refractivity contribution in [1.29, 1.82) is 5.26 Å². The van der Waals surface area contributed by atoms with Crippen LogP contribution >= 0.6 is 0 Å². The Morgan fingerprint density at radius 2 is 2.23 bits per heavy atom. The molecule has 4 rings (SSSR count). The Morgan fingerprint density at radius 3 is 2.96 bits per heavy atom. The first kappa shape index (κ1) is 17.1. The third kappa shape index (κ3) is 3.48. The molecule has 26 heavy (non-hydrogen) atoms. The van der Waals surface area contributed by atoms with Gasteiger partial charge < -0.3 is 4.74 Å². The average molecular weight is 355 g/mol. The lowest BCUT2D eigenvalue weighted by atomic mass is 9.91. The largest absolute Gasteiger partial charge is 0.377 e. The smallest absolute Gasteiger partial charge is 0.155 e. The molecule has 0 unspecified atom stereocenters. The molecule has 0 amide bonds. The molecule has 7 heteroatoms. The molecule has 6 nitrogen and oxygen atoms in total. The number of halogens is 1. The minimum absolute atomic E-state index is 0.107. The quantitative estimate of drug-likeness (QED) is 0.862. The molecular weight excluding hydrogens is 333 g/mol. The van der Waals surface area contributed by atoms with Crippen molar-refractivity contribution in [2.75, 3.05) is 20.2 Å². The fraction of sp³-hybridized carbons (Fsp3) is 0.526. The predicted octanol–water partition coefficient (Wildman–Crippen LogP) is 2.59. The van der Waals surface area contributed by atoms with Gasteiger partial charge in [0.25, 0.3) is 0 Å². The van der Waals surface area contributed by atoms with Gasteiger partial charge in [0.15, 0.2) is 11.6 Å². The van der Waals surface area contributed by atoms with E-state index >= 15 is 0 Å². The van der Waals surface area contributed by atoms with Crippen LogP contribution in [0, 0.1) is 29.0 Å². The second-order valence-electron chi connectivity index (χ2n) is 7.30. The van der Waals surface area contributed by atoms with Gasteiger partial charge in [0.2, 0.25) is 0 Å². The molecule has 136 valence electrons. The Balaban J connectivity index is 1.49. The van der Waals surface area contributed by atoms with Crippen LogP contribution in [0.25, 0.3) is 0 Å². The lowest BCUT2D eigenvalue weighted by molar-refractivity contribution is 0.178. The predicted molar refractivity (Wildman–Crippen MR) is 92.4 cm³/mol. The van der Waals surface area contributed by atoms with Crippen molar-refractivity contribution < 1.29 is 9.13 Å². The Hall–Kier alpha value is -2.30. The van der Waals surface area contributed by atoms with Crippen LogP contribution < -0.4 is 0 Å². The summed E-state index contributed by atoms with van der Waals surface area (Å²) in [6.45, 7) is 3.02. The van der Waals surface area contributed by atoms with Gasteiger partial charge in [0.1, 0.15) is 18.5 Å². The Labute approximate surface area is 152 Å². The fourth-order valence-corrected chi connectivity index (χ4v) is 4.01. The SMILES string of the molecule is COCc1nc([C@H]2CN(Cc3ccc(F)c(C#N)c3)C[C@@H]2C2CC2)n[nH]1. The number of nitrogens with one attached hydrogen (secondary N) is 1. The normalized spacial score (nSPS) is 23.3. The average Bonchev–Trinajstić information content (AvgIpc) is 3.24. The minimum atomic E-state index is -0.460. The molecule has 0 spiro atoms. The highest BCUT2D eigenvalue weighted by Crippen LogP contribution is 2.47. The molecule has 1 aliphatic carbocycles. The number of rotatable bonds is 6. The van der Waals surface area contributed by atoms with E-state index in [0.717, 1.165) is 36.2 Å². The van der Waals surface area contributed by atoms with Gasteiger partial charge in [-0.05, 0) is 42.4 Å². The van der Waals surface area contributed by atoms with Crippen LogP contribution in [-0.2, 0) is 17.9 Å². The minimum Gasteiger partial charge on any atom is -0.377 e. The number of methoxy groups -OCH3 is 1. The topological polar surface area (TPSA) is 77.8 Å². The molecule has 1 aromatic carbocycles. The summed E-state index contributed by atoms with van der Waals surface area (Å²) in [6.07, 6.45) is 2.55. The highest BCUT2D eigenvalue weighted by Gasteiger charge is 2.44. The molecule has 2 aromatic rings. The molecule has 0 bridgehead atoms. The Morgan fingerprint density at radius 1 is 1.38 bits per heavy atom. The number of hydrogen-bond acceptors (Lipinski definition) is 5. The molecule has 2 aliphatic rings. The van der Waals surface area contributed by atoms with E-state index < -0.39 is 5.82 Å². The van der Waals surface area contributed by atoms with E-state index in [-0.39, 0.29) is 5.56 Å². The summed E-state index contributed by atoms with van der Waals surface area (Å²) in [4.78, 5) is 6.98. The second kappa shape index (κ2) is 7.14. The summed E-state index contributed by atoms with van der Waals surface area (Å²) in [5, 5.41) is 16.4. The third-order valence-corrected chi connectivity index (χ3v) is 5.39. The monoisotopic (exact) mass is 355 g/mol. The zero-order chi connectivity index (χ0) is 18.1. The summed E-state index contributed by atoms with van der Waals surface area (Å²) < 4.78 is 18.7. The number of nitrogens with zero attached hydrogens (tertiary/aromatic N) is 4. The van der Waals surface area contributed by atoms with E-state index in [4.69, 9.17) is 10.00 Å². The fourth-order valence-electron chi connectivity index (χ4n) is 4.01. The number of aromatic amines is 1. The maximum Gasteiger partial charge on any atom is 0.155 e. The lowest BCUT2D eigenvalue weighted by Crippen LogP contribution is -2.20. The lowest BCUT2D eigenvalue weighted by Gasteiger charge is -2.16. The summed E-state index contributed by atoms with van der Waals surface area (Å²) in [5.74, 6) is 2.77. The van der Waals surface area contributed by atoms with E-state index in [1.165, 1.54) is 18.9 Å². The van der Waals surface area contributed by atoms with Crippen molar-refractivity contribution in [3.8, 4) is 6.07 Å². The molecule has 1 aromatic heterocycles. The van der Waals surface area contributed by atoms with Gasteiger partial charge in [-0.1, -0.05) is 6.07 Å². The third-order valence-electron chi connectivity index (χ3n) is 5.39. The molecule has 1 saturated carbocycles. The van der Waals surface area contributed by atoms with Crippen molar-refractivity contribution in [1.82, 2.24) is 20.1 Å². The highest BCUT2D eigenvalue weighted by molar-refractivity contribution is 5.34. The van der Waals surface area contributed by atoms with Crippen LogP contribution in [0.15, 0.2) is 18.2 Å². The Bertz CT molecular complexity index is 826. The number of ether oxygens (including phenoxy) is 1.